The molecule has 5 nitrogen and oxygen atoms in total. The minimum Gasteiger partial charge on any atom is -0.480 e. The van der Waals surface area contributed by atoms with E-state index in [2.05, 4.69) is 18.9 Å². The van der Waals surface area contributed by atoms with Crippen molar-refractivity contribution in [3.63, 3.8) is 0 Å². The Balaban J connectivity index is 2.42. The summed E-state index contributed by atoms with van der Waals surface area (Å²) in [4.78, 5) is 10.6. The Bertz CT molecular complexity index is 377. The average molecular weight is 271 g/mol. The van der Waals surface area contributed by atoms with Crippen LogP contribution in [0.2, 0.25) is 0 Å². The van der Waals surface area contributed by atoms with Crippen molar-refractivity contribution in [1.82, 2.24) is 9.78 Å². The first-order chi connectivity index (χ1) is 8.58. The summed E-state index contributed by atoms with van der Waals surface area (Å²) < 4.78 is 1.99. The van der Waals surface area contributed by atoms with E-state index in [-0.39, 0.29) is 0 Å². The second-order valence-corrected chi connectivity index (χ2v) is 5.25. The Morgan fingerprint density at radius 3 is 2.78 bits per heavy atom. The number of hydrogen-bond acceptors (Lipinski definition) is 4. The van der Waals surface area contributed by atoms with E-state index < -0.39 is 12.0 Å². The van der Waals surface area contributed by atoms with Gasteiger partial charge in [-0.3, -0.25) is 9.48 Å². The van der Waals surface area contributed by atoms with Gasteiger partial charge in [0.15, 0.2) is 0 Å². The van der Waals surface area contributed by atoms with Crippen LogP contribution in [-0.4, -0.2) is 32.7 Å². The van der Waals surface area contributed by atoms with Crippen molar-refractivity contribution < 1.29 is 9.90 Å². The summed E-state index contributed by atoms with van der Waals surface area (Å²) in [6.45, 7) is 4.30. The molecule has 0 saturated heterocycles. The average Bonchev–Trinajstić information content (AvgIpc) is 2.79. The van der Waals surface area contributed by atoms with Crippen LogP contribution in [0.15, 0.2) is 12.3 Å². The van der Waals surface area contributed by atoms with E-state index >= 15 is 0 Å². The van der Waals surface area contributed by atoms with E-state index in [1.165, 1.54) is 11.8 Å². The molecule has 0 amide bonds. The number of rotatable bonds is 8. The summed E-state index contributed by atoms with van der Waals surface area (Å²) in [6.07, 6.45) is 4.12. The van der Waals surface area contributed by atoms with Crippen molar-refractivity contribution in [2.24, 2.45) is 5.73 Å². The van der Waals surface area contributed by atoms with Gasteiger partial charge in [0.2, 0.25) is 0 Å². The van der Waals surface area contributed by atoms with Gasteiger partial charge in [0.05, 0.1) is 11.7 Å². The highest BCUT2D eigenvalue weighted by Gasteiger charge is 2.12. The van der Waals surface area contributed by atoms with Crippen LogP contribution >= 0.6 is 11.8 Å². The fourth-order valence-electron chi connectivity index (χ4n) is 1.68. The number of carbonyl (C=O) groups is 1. The molecule has 3 N–H and O–H groups in total. The zero-order chi connectivity index (χ0) is 13.5. The van der Waals surface area contributed by atoms with Crippen LogP contribution in [-0.2, 0) is 10.5 Å². The Morgan fingerprint density at radius 1 is 1.56 bits per heavy atom. The molecule has 1 aromatic heterocycles. The Kier molecular flexibility index (Phi) is 6.21. The van der Waals surface area contributed by atoms with Gasteiger partial charge in [-0.2, -0.15) is 16.9 Å². The molecule has 6 heteroatoms. The molecule has 1 heterocycles. The van der Waals surface area contributed by atoms with Crippen LogP contribution in [0.5, 0.6) is 0 Å². The monoisotopic (exact) mass is 271 g/mol. The molecule has 1 atom stereocenters. The lowest BCUT2D eigenvalue weighted by Crippen LogP contribution is -2.32. The van der Waals surface area contributed by atoms with E-state index in [0.717, 1.165) is 18.5 Å². The summed E-state index contributed by atoms with van der Waals surface area (Å²) in [7, 11) is 0. The molecule has 0 aliphatic heterocycles. The third-order valence-corrected chi connectivity index (χ3v) is 3.94. The van der Waals surface area contributed by atoms with Gasteiger partial charge in [0.25, 0.3) is 0 Å². The normalized spacial score (nSPS) is 12.9. The third-order valence-electron chi connectivity index (χ3n) is 2.84. The number of nitrogens with zero attached hydrogens (tertiary/aromatic N) is 2. The first-order valence-electron chi connectivity index (χ1n) is 6.18. The van der Waals surface area contributed by atoms with Crippen molar-refractivity contribution >= 4 is 17.7 Å². The number of carboxylic acid groups (broad SMARTS) is 1. The van der Waals surface area contributed by atoms with Crippen molar-refractivity contribution in [3.05, 3.63) is 18.0 Å². The van der Waals surface area contributed by atoms with Gasteiger partial charge in [-0.15, -0.1) is 0 Å². The Hall–Kier alpha value is -1.01. The van der Waals surface area contributed by atoms with Crippen molar-refractivity contribution in [2.75, 3.05) is 5.75 Å². The SMILES string of the molecule is CCC(CC)n1ccc(CSC[C@@H](N)C(=O)O)n1. The lowest BCUT2D eigenvalue weighted by Gasteiger charge is -2.12. The minimum atomic E-state index is -0.954. The Labute approximate surface area is 112 Å². The maximum atomic E-state index is 10.6. The van der Waals surface area contributed by atoms with Crippen LogP contribution in [0, 0.1) is 0 Å². The molecule has 0 unspecified atom stereocenters. The highest BCUT2D eigenvalue weighted by atomic mass is 32.2. The lowest BCUT2D eigenvalue weighted by atomic mass is 10.2. The molecule has 0 spiro atoms. The molecule has 1 rings (SSSR count). The van der Waals surface area contributed by atoms with Crippen LogP contribution in [0.25, 0.3) is 0 Å². The first kappa shape index (κ1) is 15.0. The smallest absolute Gasteiger partial charge is 0.321 e. The van der Waals surface area contributed by atoms with Crippen LogP contribution in [0.3, 0.4) is 0 Å². The highest BCUT2D eigenvalue weighted by molar-refractivity contribution is 7.98. The number of carboxylic acids is 1. The van der Waals surface area contributed by atoms with E-state index in [1.807, 2.05) is 16.9 Å². The van der Waals surface area contributed by atoms with Crippen molar-refractivity contribution in [3.8, 4) is 0 Å². The highest BCUT2D eigenvalue weighted by Crippen LogP contribution is 2.17. The van der Waals surface area contributed by atoms with E-state index in [4.69, 9.17) is 10.8 Å². The van der Waals surface area contributed by atoms with Gasteiger partial charge in [-0.1, -0.05) is 13.8 Å². The van der Waals surface area contributed by atoms with E-state index in [0.29, 0.717) is 17.5 Å². The fourth-order valence-corrected chi connectivity index (χ4v) is 2.56. The number of aromatic nitrogens is 2. The van der Waals surface area contributed by atoms with Gasteiger partial charge in [-0.25, -0.2) is 0 Å². The van der Waals surface area contributed by atoms with E-state index in [1.54, 1.807) is 0 Å². The summed E-state index contributed by atoms with van der Waals surface area (Å²) in [5.74, 6) is 0.159. The van der Waals surface area contributed by atoms with Crippen molar-refractivity contribution in [2.45, 2.75) is 44.5 Å². The van der Waals surface area contributed by atoms with Gasteiger partial charge in [0.1, 0.15) is 6.04 Å². The molecule has 0 fully saturated rings. The topological polar surface area (TPSA) is 81.1 Å². The minimum absolute atomic E-state index is 0.410. The number of aliphatic carboxylic acids is 1. The maximum Gasteiger partial charge on any atom is 0.321 e. The number of hydrogen-bond donors (Lipinski definition) is 2. The fraction of sp³-hybridized carbons (Fsp3) is 0.667. The van der Waals surface area contributed by atoms with Crippen LogP contribution in [0.4, 0.5) is 0 Å². The first-order valence-corrected chi connectivity index (χ1v) is 7.34. The molecule has 102 valence electrons. The quantitative estimate of drug-likeness (QED) is 0.754. The van der Waals surface area contributed by atoms with Crippen LogP contribution in [0.1, 0.15) is 38.4 Å². The molecule has 0 radical (unpaired) electrons. The lowest BCUT2D eigenvalue weighted by molar-refractivity contribution is -0.137. The molecule has 0 aliphatic rings. The van der Waals surface area contributed by atoms with Crippen LogP contribution < -0.4 is 5.73 Å². The summed E-state index contributed by atoms with van der Waals surface area (Å²) in [5, 5.41) is 13.2. The third kappa shape index (κ3) is 4.34. The number of thioether (sulfide) groups is 1. The molecule has 0 bridgehead atoms. The molecule has 0 aliphatic carbocycles. The number of nitrogens with two attached hydrogens (primary N) is 1. The Morgan fingerprint density at radius 2 is 2.22 bits per heavy atom. The molecule has 18 heavy (non-hydrogen) atoms. The molecule has 0 saturated carbocycles. The van der Waals surface area contributed by atoms with Gasteiger partial charge >= 0.3 is 5.97 Å². The van der Waals surface area contributed by atoms with Gasteiger partial charge < -0.3 is 10.8 Å². The largest absolute Gasteiger partial charge is 0.480 e. The molecular formula is C12H21N3O2S. The second-order valence-electron chi connectivity index (χ2n) is 4.22. The predicted molar refractivity (Wildman–Crippen MR) is 73.6 cm³/mol. The summed E-state index contributed by atoms with van der Waals surface area (Å²) >= 11 is 1.50. The zero-order valence-corrected chi connectivity index (χ0v) is 11.7. The predicted octanol–water partition coefficient (Wildman–Crippen LogP) is 1.89. The zero-order valence-electron chi connectivity index (χ0n) is 10.9. The summed E-state index contributed by atoms with van der Waals surface area (Å²) in [5.41, 5.74) is 6.41. The second kappa shape index (κ2) is 7.43. The van der Waals surface area contributed by atoms with E-state index in [9.17, 15) is 4.79 Å². The van der Waals surface area contributed by atoms with Gasteiger partial charge in [0, 0.05) is 17.7 Å². The summed E-state index contributed by atoms with van der Waals surface area (Å²) in [6, 6.07) is 1.64. The maximum absolute atomic E-state index is 10.6. The van der Waals surface area contributed by atoms with Crippen molar-refractivity contribution in [1.29, 1.82) is 0 Å². The molecule has 0 aromatic carbocycles. The van der Waals surface area contributed by atoms with Gasteiger partial charge in [-0.05, 0) is 18.9 Å². The molecular weight excluding hydrogens is 250 g/mol. The standard InChI is InChI=1S/C12H21N3O2S/c1-3-10(4-2)15-6-5-9(14-15)7-18-8-11(13)12(16)17/h5-6,10-11H,3-4,7-8,13H2,1-2H3,(H,16,17)/t11-/m1/s1. The molecule has 1 aromatic rings.